The average molecular weight is 279 g/mol. The summed E-state index contributed by atoms with van der Waals surface area (Å²) in [6.45, 7) is 1.43. The molecule has 104 valence electrons. The quantitative estimate of drug-likeness (QED) is 0.746. The Kier molecular flexibility index (Phi) is 3.06. The van der Waals surface area contributed by atoms with Gasteiger partial charge in [-0.25, -0.2) is 4.79 Å². The Morgan fingerprint density at radius 3 is 2.48 bits per heavy atom. The fraction of sp³-hybridized carbons (Fsp3) is 0.0588. The van der Waals surface area contributed by atoms with Crippen LogP contribution in [0.1, 0.15) is 27.8 Å². The van der Waals surface area contributed by atoms with Crippen LogP contribution >= 0.6 is 0 Å². The molecular weight excluding hydrogens is 266 g/mol. The molecule has 0 saturated carbocycles. The number of carbonyl (C=O) groups is 2. The van der Waals surface area contributed by atoms with E-state index in [1.165, 1.54) is 13.0 Å². The summed E-state index contributed by atoms with van der Waals surface area (Å²) in [5.74, 6) is -1.22. The zero-order chi connectivity index (χ0) is 15.0. The number of hydrogen-bond acceptors (Lipinski definition) is 2. The van der Waals surface area contributed by atoms with Crippen molar-refractivity contribution in [2.45, 2.75) is 6.92 Å². The Labute approximate surface area is 121 Å². The number of benzene rings is 2. The van der Waals surface area contributed by atoms with Gasteiger partial charge in [-0.1, -0.05) is 36.4 Å². The lowest BCUT2D eigenvalue weighted by atomic mass is 10.1. The Morgan fingerprint density at radius 1 is 1.05 bits per heavy atom. The summed E-state index contributed by atoms with van der Waals surface area (Å²) >= 11 is 0. The normalized spacial score (nSPS) is 10.7. The molecule has 4 heteroatoms. The second kappa shape index (κ2) is 4.90. The predicted molar refractivity (Wildman–Crippen MR) is 80.2 cm³/mol. The first-order valence-corrected chi connectivity index (χ1v) is 6.52. The van der Waals surface area contributed by atoms with Gasteiger partial charge in [0.15, 0.2) is 5.78 Å². The van der Waals surface area contributed by atoms with E-state index in [4.69, 9.17) is 0 Å². The molecule has 3 aromatic rings. The van der Waals surface area contributed by atoms with Crippen molar-refractivity contribution in [1.29, 1.82) is 0 Å². The second-order valence-corrected chi connectivity index (χ2v) is 4.84. The highest BCUT2D eigenvalue weighted by molar-refractivity contribution is 5.99. The zero-order valence-electron chi connectivity index (χ0n) is 11.4. The monoisotopic (exact) mass is 279 g/mol. The van der Waals surface area contributed by atoms with E-state index < -0.39 is 5.97 Å². The third-order valence-corrected chi connectivity index (χ3v) is 3.47. The molecule has 4 nitrogen and oxygen atoms in total. The lowest BCUT2D eigenvalue weighted by molar-refractivity contribution is 0.0688. The van der Waals surface area contributed by atoms with E-state index in [1.54, 1.807) is 10.8 Å². The minimum Gasteiger partial charge on any atom is -0.477 e. The third kappa shape index (κ3) is 2.21. The first-order valence-electron chi connectivity index (χ1n) is 6.52. The molecule has 0 aliphatic rings. The smallest absolute Gasteiger partial charge is 0.352 e. The van der Waals surface area contributed by atoms with Gasteiger partial charge in [0.05, 0.1) is 5.69 Å². The molecule has 0 spiro atoms. The van der Waals surface area contributed by atoms with Gasteiger partial charge in [-0.05, 0) is 24.4 Å². The molecule has 0 radical (unpaired) electrons. The number of hydrogen-bond donors (Lipinski definition) is 1. The number of ketones is 1. The molecule has 1 heterocycles. The number of fused-ring (bicyclic) bond motifs is 1. The van der Waals surface area contributed by atoms with Crippen LogP contribution in [0.4, 0.5) is 0 Å². The summed E-state index contributed by atoms with van der Waals surface area (Å²) in [6.07, 6.45) is 1.58. The topological polar surface area (TPSA) is 59.3 Å². The third-order valence-electron chi connectivity index (χ3n) is 3.47. The number of rotatable bonds is 3. The first kappa shape index (κ1) is 13.1. The summed E-state index contributed by atoms with van der Waals surface area (Å²) < 4.78 is 1.56. The number of aromatic nitrogens is 1. The molecule has 3 rings (SSSR count). The van der Waals surface area contributed by atoms with E-state index >= 15 is 0 Å². The predicted octanol–water partition coefficient (Wildman–Crippen LogP) is 3.53. The summed E-state index contributed by atoms with van der Waals surface area (Å²) in [6, 6.07) is 14.8. The van der Waals surface area contributed by atoms with Gasteiger partial charge in [0.25, 0.3) is 0 Å². The van der Waals surface area contributed by atoms with Crippen LogP contribution in [0.3, 0.4) is 0 Å². The van der Waals surface area contributed by atoms with Gasteiger partial charge in [0.1, 0.15) is 5.69 Å². The second-order valence-electron chi connectivity index (χ2n) is 4.84. The minimum atomic E-state index is -1.06. The average Bonchev–Trinajstić information content (AvgIpc) is 2.92. The maximum Gasteiger partial charge on any atom is 0.352 e. The number of carboxylic acids is 1. The van der Waals surface area contributed by atoms with Crippen LogP contribution < -0.4 is 0 Å². The molecule has 0 unspecified atom stereocenters. The molecule has 0 aliphatic heterocycles. The molecule has 2 aromatic carbocycles. The van der Waals surface area contributed by atoms with Crippen molar-refractivity contribution in [3.8, 4) is 5.69 Å². The molecule has 0 saturated heterocycles. The Hall–Kier alpha value is -2.88. The van der Waals surface area contributed by atoms with Gasteiger partial charge in [-0.15, -0.1) is 0 Å². The minimum absolute atomic E-state index is 0.0801. The van der Waals surface area contributed by atoms with Crippen molar-refractivity contribution in [3.63, 3.8) is 0 Å². The highest BCUT2D eigenvalue weighted by atomic mass is 16.4. The molecule has 0 atom stereocenters. The van der Waals surface area contributed by atoms with E-state index in [9.17, 15) is 14.7 Å². The van der Waals surface area contributed by atoms with E-state index in [0.29, 0.717) is 5.56 Å². The van der Waals surface area contributed by atoms with Crippen LogP contribution in [0, 0.1) is 0 Å². The standard InChI is InChI=1S/C17H13NO3/c1-11(19)13-9-16(17(20)21)18(10-13)15-8-4-6-12-5-2-3-7-14(12)15/h2-10H,1H3,(H,20,21). The SMILES string of the molecule is CC(=O)c1cc(C(=O)O)n(-c2cccc3ccccc23)c1. The van der Waals surface area contributed by atoms with Crippen molar-refractivity contribution < 1.29 is 14.7 Å². The van der Waals surface area contributed by atoms with E-state index in [1.807, 2.05) is 42.5 Å². The fourth-order valence-corrected chi connectivity index (χ4v) is 2.44. The molecule has 1 N–H and O–H groups in total. The van der Waals surface area contributed by atoms with Crippen LogP contribution in [0.15, 0.2) is 54.7 Å². The Balaban J connectivity index is 2.32. The number of aromatic carboxylic acids is 1. The molecule has 0 amide bonds. The fourth-order valence-electron chi connectivity index (χ4n) is 2.44. The van der Waals surface area contributed by atoms with Crippen LogP contribution in [-0.4, -0.2) is 21.4 Å². The lowest BCUT2D eigenvalue weighted by Crippen LogP contribution is -2.05. The van der Waals surface area contributed by atoms with E-state index in [2.05, 4.69) is 0 Å². The highest BCUT2D eigenvalue weighted by Gasteiger charge is 2.17. The lowest BCUT2D eigenvalue weighted by Gasteiger charge is -2.10. The van der Waals surface area contributed by atoms with Crippen LogP contribution in [0.2, 0.25) is 0 Å². The Bertz CT molecular complexity index is 856. The van der Waals surface area contributed by atoms with Gasteiger partial charge >= 0.3 is 5.97 Å². The van der Waals surface area contributed by atoms with Crippen molar-refractivity contribution >= 4 is 22.5 Å². The maximum atomic E-state index is 11.5. The zero-order valence-corrected chi connectivity index (χ0v) is 11.4. The molecule has 0 fully saturated rings. The van der Waals surface area contributed by atoms with E-state index in [-0.39, 0.29) is 11.5 Å². The number of carboxylic acid groups (broad SMARTS) is 1. The Morgan fingerprint density at radius 2 is 1.76 bits per heavy atom. The number of carbonyl (C=O) groups excluding carboxylic acids is 1. The van der Waals surface area contributed by atoms with Crippen LogP contribution in [-0.2, 0) is 0 Å². The number of nitrogens with zero attached hydrogens (tertiary/aromatic N) is 1. The van der Waals surface area contributed by atoms with Crippen molar-refractivity contribution in [3.05, 3.63) is 66.0 Å². The largest absolute Gasteiger partial charge is 0.477 e. The summed E-state index contributed by atoms with van der Waals surface area (Å²) in [5, 5.41) is 11.3. The van der Waals surface area contributed by atoms with Gasteiger partial charge in [-0.2, -0.15) is 0 Å². The summed E-state index contributed by atoms with van der Waals surface area (Å²) in [7, 11) is 0. The molecule has 21 heavy (non-hydrogen) atoms. The van der Waals surface area contributed by atoms with Gasteiger partial charge in [0.2, 0.25) is 0 Å². The summed E-state index contributed by atoms with van der Waals surface area (Å²) in [4.78, 5) is 23.0. The van der Waals surface area contributed by atoms with Gasteiger partial charge < -0.3 is 9.67 Å². The van der Waals surface area contributed by atoms with Crippen molar-refractivity contribution in [2.75, 3.05) is 0 Å². The molecular formula is C17H13NO3. The highest BCUT2D eigenvalue weighted by Crippen LogP contribution is 2.25. The van der Waals surface area contributed by atoms with Crippen LogP contribution in [0.5, 0.6) is 0 Å². The van der Waals surface area contributed by atoms with Gasteiger partial charge in [0, 0.05) is 17.1 Å². The van der Waals surface area contributed by atoms with Crippen molar-refractivity contribution in [2.24, 2.45) is 0 Å². The maximum absolute atomic E-state index is 11.5. The number of Topliss-reactive ketones (excluding diaryl/α,β-unsaturated/α-hetero) is 1. The molecule has 0 bridgehead atoms. The first-order chi connectivity index (χ1) is 10.1. The summed E-state index contributed by atoms with van der Waals surface area (Å²) in [5.41, 5.74) is 1.22. The van der Waals surface area contributed by atoms with Crippen molar-refractivity contribution in [1.82, 2.24) is 4.57 Å². The van der Waals surface area contributed by atoms with Crippen LogP contribution in [0.25, 0.3) is 16.5 Å². The van der Waals surface area contributed by atoms with E-state index in [0.717, 1.165) is 16.5 Å². The van der Waals surface area contributed by atoms with Gasteiger partial charge in [-0.3, -0.25) is 4.79 Å². The molecule has 0 aliphatic carbocycles. The molecule has 1 aromatic heterocycles.